The molecule has 0 amide bonds. The van der Waals surface area contributed by atoms with Crippen LogP contribution in [0.5, 0.6) is 0 Å². The van der Waals surface area contributed by atoms with E-state index in [1.54, 1.807) is 0 Å². The van der Waals surface area contributed by atoms with Crippen LogP contribution in [0.25, 0.3) is 0 Å². The fourth-order valence-electron chi connectivity index (χ4n) is 2.66. The SMILES string of the molecule is CCN(CC)C1CCN(CCCCCCl)C1. The van der Waals surface area contributed by atoms with E-state index in [9.17, 15) is 0 Å². The van der Waals surface area contributed by atoms with Crippen LogP contribution in [0.1, 0.15) is 39.5 Å². The molecule has 0 aliphatic carbocycles. The topological polar surface area (TPSA) is 6.48 Å². The first-order chi connectivity index (χ1) is 7.81. The number of halogens is 1. The van der Waals surface area contributed by atoms with Gasteiger partial charge < -0.3 is 4.90 Å². The van der Waals surface area contributed by atoms with E-state index in [4.69, 9.17) is 11.6 Å². The fraction of sp³-hybridized carbons (Fsp3) is 1.00. The van der Waals surface area contributed by atoms with Gasteiger partial charge in [-0.3, -0.25) is 4.90 Å². The molecule has 16 heavy (non-hydrogen) atoms. The van der Waals surface area contributed by atoms with Gasteiger partial charge in [-0.05, 0) is 45.4 Å². The molecule has 0 radical (unpaired) electrons. The molecule has 1 aliphatic heterocycles. The lowest BCUT2D eigenvalue weighted by Crippen LogP contribution is -2.37. The van der Waals surface area contributed by atoms with E-state index < -0.39 is 0 Å². The van der Waals surface area contributed by atoms with Gasteiger partial charge in [0.05, 0.1) is 0 Å². The fourth-order valence-corrected chi connectivity index (χ4v) is 2.85. The van der Waals surface area contributed by atoms with Gasteiger partial charge in [0.2, 0.25) is 0 Å². The van der Waals surface area contributed by atoms with Crippen molar-refractivity contribution in [3.05, 3.63) is 0 Å². The third-order valence-electron chi connectivity index (χ3n) is 3.68. The van der Waals surface area contributed by atoms with Crippen LogP contribution in [0.15, 0.2) is 0 Å². The highest BCUT2D eigenvalue weighted by Gasteiger charge is 2.25. The van der Waals surface area contributed by atoms with E-state index in [0.717, 1.165) is 11.9 Å². The van der Waals surface area contributed by atoms with Crippen LogP contribution < -0.4 is 0 Å². The Kier molecular flexibility index (Phi) is 7.42. The molecule has 0 bridgehead atoms. The van der Waals surface area contributed by atoms with Crippen molar-refractivity contribution in [3.8, 4) is 0 Å². The molecule has 1 heterocycles. The summed E-state index contributed by atoms with van der Waals surface area (Å²) in [7, 11) is 0. The molecular weight excluding hydrogens is 220 g/mol. The van der Waals surface area contributed by atoms with Gasteiger partial charge >= 0.3 is 0 Å². The number of hydrogen-bond donors (Lipinski definition) is 0. The summed E-state index contributed by atoms with van der Waals surface area (Å²) in [5, 5.41) is 0. The molecule has 1 atom stereocenters. The van der Waals surface area contributed by atoms with E-state index in [-0.39, 0.29) is 0 Å². The predicted molar refractivity (Wildman–Crippen MR) is 72.3 cm³/mol. The molecule has 1 saturated heterocycles. The van der Waals surface area contributed by atoms with E-state index in [1.165, 1.54) is 58.4 Å². The first-order valence-corrected chi connectivity index (χ1v) is 7.37. The molecule has 2 nitrogen and oxygen atoms in total. The summed E-state index contributed by atoms with van der Waals surface area (Å²) < 4.78 is 0. The standard InChI is InChI=1S/C13H27ClN2/c1-3-16(4-2)13-8-11-15(12-13)10-7-5-6-9-14/h13H,3-12H2,1-2H3. The summed E-state index contributed by atoms with van der Waals surface area (Å²) in [5.41, 5.74) is 0. The Balaban J connectivity index is 2.14. The molecule has 0 aromatic heterocycles. The van der Waals surface area contributed by atoms with Crippen molar-refractivity contribution >= 4 is 11.6 Å². The molecule has 0 aromatic rings. The van der Waals surface area contributed by atoms with Crippen molar-refractivity contribution in [3.63, 3.8) is 0 Å². The smallest absolute Gasteiger partial charge is 0.0235 e. The maximum atomic E-state index is 5.68. The third kappa shape index (κ3) is 4.60. The van der Waals surface area contributed by atoms with Crippen molar-refractivity contribution in [1.29, 1.82) is 0 Å². The first-order valence-electron chi connectivity index (χ1n) is 6.84. The van der Waals surface area contributed by atoms with Gasteiger partial charge in [0, 0.05) is 18.5 Å². The summed E-state index contributed by atoms with van der Waals surface area (Å²) in [6, 6.07) is 0.808. The van der Waals surface area contributed by atoms with Crippen LogP contribution in [0.2, 0.25) is 0 Å². The molecule has 0 spiro atoms. The number of alkyl halides is 1. The van der Waals surface area contributed by atoms with Gasteiger partial charge in [0.25, 0.3) is 0 Å². The third-order valence-corrected chi connectivity index (χ3v) is 3.95. The quantitative estimate of drug-likeness (QED) is 0.480. The Hall–Kier alpha value is 0.210. The van der Waals surface area contributed by atoms with Gasteiger partial charge in [-0.25, -0.2) is 0 Å². The number of likely N-dealkylation sites (tertiary alicyclic amines) is 1. The monoisotopic (exact) mass is 246 g/mol. The van der Waals surface area contributed by atoms with Crippen LogP contribution in [0.4, 0.5) is 0 Å². The minimum absolute atomic E-state index is 0.808. The molecule has 1 fully saturated rings. The zero-order chi connectivity index (χ0) is 11.8. The van der Waals surface area contributed by atoms with Gasteiger partial charge in [-0.2, -0.15) is 0 Å². The molecule has 0 saturated carbocycles. The van der Waals surface area contributed by atoms with Crippen LogP contribution >= 0.6 is 11.6 Å². The average molecular weight is 247 g/mol. The van der Waals surface area contributed by atoms with Gasteiger partial charge in [0.15, 0.2) is 0 Å². The molecule has 1 unspecified atom stereocenters. The number of likely N-dealkylation sites (N-methyl/N-ethyl adjacent to an activating group) is 1. The largest absolute Gasteiger partial charge is 0.302 e. The highest BCUT2D eigenvalue weighted by atomic mass is 35.5. The van der Waals surface area contributed by atoms with Gasteiger partial charge in [-0.15, -0.1) is 11.6 Å². The van der Waals surface area contributed by atoms with Crippen molar-refractivity contribution in [2.45, 2.75) is 45.6 Å². The molecule has 3 heteroatoms. The Bertz CT molecular complexity index is 171. The zero-order valence-electron chi connectivity index (χ0n) is 10.9. The van der Waals surface area contributed by atoms with Crippen molar-refractivity contribution in [1.82, 2.24) is 9.80 Å². The number of hydrogen-bond acceptors (Lipinski definition) is 2. The number of rotatable bonds is 8. The Morgan fingerprint density at radius 2 is 1.94 bits per heavy atom. The van der Waals surface area contributed by atoms with Gasteiger partial charge in [0.1, 0.15) is 0 Å². The Morgan fingerprint density at radius 1 is 1.19 bits per heavy atom. The first kappa shape index (κ1) is 14.3. The Labute approximate surface area is 106 Å². The number of unbranched alkanes of at least 4 members (excludes halogenated alkanes) is 2. The van der Waals surface area contributed by atoms with E-state index in [2.05, 4.69) is 23.6 Å². The second-order valence-corrected chi connectivity index (χ2v) is 5.09. The lowest BCUT2D eigenvalue weighted by Gasteiger charge is -2.26. The van der Waals surface area contributed by atoms with Crippen molar-refractivity contribution in [2.75, 3.05) is 38.6 Å². The highest BCUT2D eigenvalue weighted by molar-refractivity contribution is 6.17. The maximum Gasteiger partial charge on any atom is 0.0235 e. The van der Waals surface area contributed by atoms with Crippen LogP contribution in [-0.2, 0) is 0 Å². The number of nitrogens with zero attached hydrogens (tertiary/aromatic N) is 2. The molecule has 0 N–H and O–H groups in total. The highest BCUT2D eigenvalue weighted by Crippen LogP contribution is 2.16. The predicted octanol–water partition coefficient (Wildman–Crippen LogP) is 2.81. The molecule has 1 aliphatic rings. The molecule has 96 valence electrons. The second-order valence-electron chi connectivity index (χ2n) is 4.71. The van der Waals surface area contributed by atoms with Crippen LogP contribution in [-0.4, -0.2) is 54.4 Å². The van der Waals surface area contributed by atoms with Crippen LogP contribution in [0.3, 0.4) is 0 Å². The van der Waals surface area contributed by atoms with E-state index in [1.807, 2.05) is 0 Å². The summed E-state index contributed by atoms with van der Waals surface area (Å²) in [4.78, 5) is 5.22. The lowest BCUT2D eigenvalue weighted by atomic mass is 10.2. The summed E-state index contributed by atoms with van der Waals surface area (Å²) in [6.07, 6.45) is 5.14. The Morgan fingerprint density at radius 3 is 2.56 bits per heavy atom. The zero-order valence-corrected chi connectivity index (χ0v) is 11.7. The lowest BCUT2D eigenvalue weighted by molar-refractivity contribution is 0.210. The van der Waals surface area contributed by atoms with Crippen LogP contribution in [0, 0.1) is 0 Å². The minimum atomic E-state index is 0.808. The second kappa shape index (κ2) is 8.32. The van der Waals surface area contributed by atoms with Crippen molar-refractivity contribution in [2.24, 2.45) is 0 Å². The van der Waals surface area contributed by atoms with E-state index >= 15 is 0 Å². The molecule has 0 aromatic carbocycles. The summed E-state index contributed by atoms with van der Waals surface area (Å²) >= 11 is 5.68. The molecule has 1 rings (SSSR count). The van der Waals surface area contributed by atoms with Gasteiger partial charge in [-0.1, -0.05) is 20.3 Å². The van der Waals surface area contributed by atoms with Crippen molar-refractivity contribution < 1.29 is 0 Å². The summed E-state index contributed by atoms with van der Waals surface area (Å²) in [6.45, 7) is 10.8. The van der Waals surface area contributed by atoms with E-state index in [0.29, 0.717) is 0 Å². The minimum Gasteiger partial charge on any atom is -0.302 e. The molecular formula is C13H27ClN2. The maximum absolute atomic E-state index is 5.68. The normalized spacial score (nSPS) is 22.1. The summed E-state index contributed by atoms with van der Waals surface area (Å²) in [5.74, 6) is 0.822. The average Bonchev–Trinajstić information content (AvgIpc) is 2.75.